The van der Waals surface area contributed by atoms with Crippen LogP contribution in [0.2, 0.25) is 5.02 Å². The Morgan fingerprint density at radius 3 is 2.68 bits per heavy atom. The average molecular weight is 279 g/mol. The second-order valence-corrected chi connectivity index (χ2v) is 5.11. The molecule has 102 valence electrons. The van der Waals surface area contributed by atoms with Crippen molar-refractivity contribution >= 4 is 22.6 Å². The second-order valence-electron chi connectivity index (χ2n) is 4.70. The number of rotatable bonds is 5. The molecular weight excluding hydrogens is 260 g/mol. The summed E-state index contributed by atoms with van der Waals surface area (Å²) in [7, 11) is 0. The lowest BCUT2D eigenvalue weighted by molar-refractivity contribution is 0.641. The van der Waals surface area contributed by atoms with Gasteiger partial charge in [0.05, 0.1) is 16.1 Å². The van der Waals surface area contributed by atoms with Gasteiger partial charge in [-0.05, 0) is 30.4 Å². The quantitative estimate of drug-likeness (QED) is 0.823. The molecule has 2 aromatic rings. The fourth-order valence-electron chi connectivity index (χ4n) is 2.63. The van der Waals surface area contributed by atoms with Gasteiger partial charge in [0.15, 0.2) is 0 Å². The Morgan fingerprint density at radius 2 is 2.11 bits per heavy atom. The third-order valence-electron chi connectivity index (χ3n) is 3.64. The third kappa shape index (κ3) is 2.35. The molecule has 0 saturated carbocycles. The Morgan fingerprint density at radius 1 is 1.42 bits per heavy atom. The standard InChI is InChI=1S/C15H19ClN2O/c1-4-9-18-14-11(10(5-2)6-3)7-8-12(16)13(14)17-15(18)19/h4,7-8,10H,1,5-6,9H2,2-3H3,(H,17,19). The molecule has 2 rings (SSSR count). The number of imidazole rings is 1. The first-order chi connectivity index (χ1) is 9.13. The van der Waals surface area contributed by atoms with Gasteiger partial charge < -0.3 is 4.98 Å². The summed E-state index contributed by atoms with van der Waals surface area (Å²) < 4.78 is 1.71. The molecule has 0 unspecified atom stereocenters. The highest BCUT2D eigenvalue weighted by Gasteiger charge is 2.17. The van der Waals surface area contributed by atoms with E-state index in [0.29, 0.717) is 17.5 Å². The summed E-state index contributed by atoms with van der Waals surface area (Å²) in [6, 6.07) is 3.90. The first kappa shape index (κ1) is 13.9. The Hall–Kier alpha value is -1.48. The van der Waals surface area contributed by atoms with Crippen LogP contribution in [0.15, 0.2) is 29.6 Å². The molecule has 19 heavy (non-hydrogen) atoms. The number of aromatic nitrogens is 2. The van der Waals surface area contributed by atoms with Crippen molar-refractivity contribution in [2.45, 2.75) is 39.2 Å². The fourth-order valence-corrected chi connectivity index (χ4v) is 2.83. The summed E-state index contributed by atoms with van der Waals surface area (Å²) in [5, 5.41) is 0.588. The smallest absolute Gasteiger partial charge is 0.304 e. The van der Waals surface area contributed by atoms with E-state index in [4.69, 9.17) is 11.6 Å². The number of halogens is 1. The molecule has 1 heterocycles. The first-order valence-electron chi connectivity index (χ1n) is 6.65. The summed E-state index contributed by atoms with van der Waals surface area (Å²) in [4.78, 5) is 14.9. The first-order valence-corrected chi connectivity index (χ1v) is 7.03. The van der Waals surface area contributed by atoms with Crippen LogP contribution in [0.4, 0.5) is 0 Å². The lowest BCUT2D eigenvalue weighted by atomic mass is 9.93. The van der Waals surface area contributed by atoms with Crippen molar-refractivity contribution < 1.29 is 0 Å². The molecule has 0 bridgehead atoms. The normalized spacial score (nSPS) is 11.4. The van der Waals surface area contributed by atoms with E-state index in [1.807, 2.05) is 12.1 Å². The maximum absolute atomic E-state index is 12.0. The van der Waals surface area contributed by atoms with Crippen molar-refractivity contribution in [1.29, 1.82) is 0 Å². The molecule has 1 aromatic carbocycles. The highest BCUT2D eigenvalue weighted by molar-refractivity contribution is 6.35. The van der Waals surface area contributed by atoms with Crippen molar-refractivity contribution in [3.8, 4) is 0 Å². The van der Waals surface area contributed by atoms with Crippen molar-refractivity contribution in [3.05, 3.63) is 45.9 Å². The fraction of sp³-hybridized carbons (Fsp3) is 0.400. The molecule has 1 aromatic heterocycles. The third-order valence-corrected chi connectivity index (χ3v) is 3.96. The van der Waals surface area contributed by atoms with Gasteiger partial charge in [-0.1, -0.05) is 37.6 Å². The minimum atomic E-state index is -0.129. The number of aromatic amines is 1. The van der Waals surface area contributed by atoms with E-state index in [0.717, 1.165) is 23.9 Å². The highest BCUT2D eigenvalue weighted by atomic mass is 35.5. The van der Waals surface area contributed by atoms with Crippen LogP contribution in [0.1, 0.15) is 38.2 Å². The van der Waals surface area contributed by atoms with E-state index < -0.39 is 0 Å². The number of fused-ring (bicyclic) bond motifs is 1. The number of nitrogens with one attached hydrogen (secondary N) is 1. The van der Waals surface area contributed by atoms with E-state index >= 15 is 0 Å². The maximum Gasteiger partial charge on any atom is 0.326 e. The molecule has 0 aliphatic carbocycles. The molecule has 3 nitrogen and oxygen atoms in total. The minimum Gasteiger partial charge on any atom is -0.304 e. The molecule has 4 heteroatoms. The van der Waals surface area contributed by atoms with E-state index in [-0.39, 0.29) is 5.69 Å². The van der Waals surface area contributed by atoms with Crippen LogP contribution in [0, 0.1) is 0 Å². The van der Waals surface area contributed by atoms with Crippen LogP contribution >= 0.6 is 11.6 Å². The van der Waals surface area contributed by atoms with Gasteiger partial charge in [0.1, 0.15) is 0 Å². The van der Waals surface area contributed by atoms with Crippen molar-refractivity contribution in [1.82, 2.24) is 9.55 Å². The molecule has 0 atom stereocenters. The lowest BCUT2D eigenvalue weighted by Gasteiger charge is -2.15. The van der Waals surface area contributed by atoms with Gasteiger partial charge >= 0.3 is 5.69 Å². The Bertz CT molecular complexity index is 650. The molecule has 0 saturated heterocycles. The van der Waals surface area contributed by atoms with E-state index in [1.54, 1.807) is 10.6 Å². The summed E-state index contributed by atoms with van der Waals surface area (Å²) in [5.41, 5.74) is 2.71. The van der Waals surface area contributed by atoms with E-state index in [9.17, 15) is 4.79 Å². The minimum absolute atomic E-state index is 0.129. The summed E-state index contributed by atoms with van der Waals surface area (Å²) >= 11 is 6.20. The molecule has 0 amide bonds. The monoisotopic (exact) mass is 278 g/mol. The van der Waals surface area contributed by atoms with E-state index in [1.165, 1.54) is 5.56 Å². The van der Waals surface area contributed by atoms with Gasteiger partial charge in [0, 0.05) is 6.54 Å². The van der Waals surface area contributed by atoms with Gasteiger partial charge in [0.25, 0.3) is 0 Å². The Labute approximate surface area is 117 Å². The van der Waals surface area contributed by atoms with Gasteiger partial charge in [0.2, 0.25) is 0 Å². The Kier molecular flexibility index (Phi) is 4.15. The average Bonchev–Trinajstić information content (AvgIpc) is 2.73. The number of hydrogen-bond donors (Lipinski definition) is 1. The van der Waals surface area contributed by atoms with Crippen LogP contribution < -0.4 is 5.69 Å². The van der Waals surface area contributed by atoms with Crippen LogP contribution in [-0.2, 0) is 6.54 Å². The predicted octanol–water partition coefficient (Wildman–Crippen LogP) is 4.07. The van der Waals surface area contributed by atoms with Crippen LogP contribution in [-0.4, -0.2) is 9.55 Å². The van der Waals surface area contributed by atoms with E-state index in [2.05, 4.69) is 25.4 Å². The Balaban J connectivity index is 2.81. The molecule has 0 radical (unpaired) electrons. The van der Waals surface area contributed by atoms with Crippen molar-refractivity contribution in [2.24, 2.45) is 0 Å². The summed E-state index contributed by atoms with van der Waals surface area (Å²) in [5.74, 6) is 0.436. The number of allylic oxidation sites excluding steroid dienone is 1. The topological polar surface area (TPSA) is 37.8 Å². The zero-order valence-electron chi connectivity index (χ0n) is 11.4. The number of hydrogen-bond acceptors (Lipinski definition) is 1. The van der Waals surface area contributed by atoms with Gasteiger partial charge in [-0.25, -0.2) is 4.79 Å². The highest BCUT2D eigenvalue weighted by Crippen LogP contribution is 2.32. The second kappa shape index (κ2) is 5.66. The van der Waals surface area contributed by atoms with Gasteiger partial charge in [-0.15, -0.1) is 6.58 Å². The number of nitrogens with zero attached hydrogens (tertiary/aromatic N) is 1. The largest absolute Gasteiger partial charge is 0.326 e. The predicted molar refractivity (Wildman–Crippen MR) is 81.1 cm³/mol. The molecule has 0 fully saturated rings. The van der Waals surface area contributed by atoms with Crippen molar-refractivity contribution in [2.75, 3.05) is 0 Å². The summed E-state index contributed by atoms with van der Waals surface area (Å²) in [6.45, 7) is 8.53. The zero-order chi connectivity index (χ0) is 14.0. The number of benzene rings is 1. The van der Waals surface area contributed by atoms with Crippen LogP contribution in [0.25, 0.3) is 11.0 Å². The molecule has 0 spiro atoms. The zero-order valence-corrected chi connectivity index (χ0v) is 12.1. The number of H-pyrrole nitrogens is 1. The molecular formula is C15H19ClN2O. The van der Waals surface area contributed by atoms with Gasteiger partial charge in [-0.2, -0.15) is 0 Å². The van der Waals surface area contributed by atoms with Crippen molar-refractivity contribution in [3.63, 3.8) is 0 Å². The molecule has 0 aliphatic heterocycles. The SMILES string of the molecule is C=CCn1c(=O)[nH]c2c(Cl)ccc(C(CC)CC)c21. The lowest BCUT2D eigenvalue weighted by Crippen LogP contribution is -2.16. The summed E-state index contributed by atoms with van der Waals surface area (Å²) in [6.07, 6.45) is 3.81. The van der Waals surface area contributed by atoms with Crippen LogP contribution in [0.5, 0.6) is 0 Å². The maximum atomic E-state index is 12.0. The molecule has 1 N–H and O–H groups in total. The van der Waals surface area contributed by atoms with Gasteiger partial charge in [-0.3, -0.25) is 4.57 Å². The molecule has 0 aliphatic rings. The van der Waals surface area contributed by atoms with Crippen LogP contribution in [0.3, 0.4) is 0 Å².